The molecule has 4 heteroatoms. The Bertz CT molecular complexity index is 826. The van der Waals surface area contributed by atoms with Gasteiger partial charge in [-0.25, -0.2) is 0 Å². The predicted octanol–water partition coefficient (Wildman–Crippen LogP) is 8.34. The van der Waals surface area contributed by atoms with Gasteiger partial charge in [0.25, 0.3) is 0 Å². The van der Waals surface area contributed by atoms with Crippen LogP contribution >= 0.6 is 0 Å². The van der Waals surface area contributed by atoms with Crippen LogP contribution in [0.1, 0.15) is 106 Å². The fourth-order valence-electron chi connectivity index (χ4n) is 8.64. The van der Waals surface area contributed by atoms with Gasteiger partial charge in [0, 0.05) is 12.5 Å². The Morgan fingerprint density at radius 3 is 2.49 bits per heavy atom. The molecule has 3 nitrogen and oxygen atoms in total. The number of Topliss-reactive ketones (excluding diaryl/α,β-unsaturated/α-hetero) is 1. The van der Waals surface area contributed by atoms with Crippen molar-refractivity contribution in [2.75, 3.05) is 6.61 Å². The first-order valence-electron chi connectivity index (χ1n) is 14.7. The summed E-state index contributed by atoms with van der Waals surface area (Å²) in [5.41, 5.74) is 2.49. The van der Waals surface area contributed by atoms with Gasteiger partial charge in [-0.15, -0.1) is 0 Å². The molecule has 8 atom stereocenters. The summed E-state index contributed by atoms with van der Waals surface area (Å²) in [5, 5.41) is 0.277. The monoisotopic (exact) mass is 502 g/mol. The maximum Gasteiger partial charge on any atom is 0.192 e. The van der Waals surface area contributed by atoms with E-state index in [4.69, 9.17) is 9.16 Å². The zero-order valence-corrected chi connectivity index (χ0v) is 25.3. The minimum absolute atomic E-state index is 0.232. The molecule has 0 unspecified atom stereocenters. The van der Waals surface area contributed by atoms with Crippen molar-refractivity contribution in [1.82, 2.24) is 0 Å². The highest BCUT2D eigenvalue weighted by Crippen LogP contribution is 2.67. The van der Waals surface area contributed by atoms with Crippen molar-refractivity contribution in [3.05, 3.63) is 11.6 Å². The molecule has 4 aliphatic rings. The quantitative estimate of drug-likeness (QED) is 0.259. The van der Waals surface area contributed by atoms with Gasteiger partial charge in [-0.3, -0.25) is 4.79 Å². The molecule has 0 aromatic carbocycles. The first-order valence-corrected chi connectivity index (χ1v) is 17.6. The Balaban J connectivity index is 1.46. The molecule has 4 aliphatic carbocycles. The molecule has 0 amide bonds. The van der Waals surface area contributed by atoms with Gasteiger partial charge < -0.3 is 9.16 Å². The van der Waals surface area contributed by atoms with Crippen LogP contribution in [0, 0.1) is 34.5 Å². The minimum atomic E-state index is -1.73. The van der Waals surface area contributed by atoms with Crippen LogP contribution in [0.25, 0.3) is 0 Å². The van der Waals surface area contributed by atoms with Crippen molar-refractivity contribution >= 4 is 14.1 Å². The van der Waals surface area contributed by atoms with E-state index in [-0.39, 0.29) is 16.9 Å². The number of hydrogen-bond donors (Lipinski definition) is 0. The molecule has 0 N–H and O–H groups in total. The third kappa shape index (κ3) is 5.02. The Morgan fingerprint density at radius 1 is 1.11 bits per heavy atom. The molecule has 0 heterocycles. The van der Waals surface area contributed by atoms with Crippen molar-refractivity contribution in [3.8, 4) is 0 Å². The minimum Gasteiger partial charge on any atom is -0.414 e. The predicted molar refractivity (Wildman–Crippen MR) is 148 cm³/mol. The number of fused-ring (bicyclic) bond motifs is 5. The van der Waals surface area contributed by atoms with Crippen molar-refractivity contribution in [2.45, 2.75) is 137 Å². The number of carbonyl (C=O) groups is 1. The molecule has 0 bridgehead atoms. The van der Waals surface area contributed by atoms with Gasteiger partial charge in [-0.05, 0) is 118 Å². The Morgan fingerprint density at radius 2 is 1.83 bits per heavy atom. The van der Waals surface area contributed by atoms with E-state index >= 15 is 0 Å². The van der Waals surface area contributed by atoms with E-state index in [1.807, 2.05) is 0 Å². The Hall–Kier alpha value is -0.453. The van der Waals surface area contributed by atoms with Crippen LogP contribution in [0.3, 0.4) is 0 Å². The average molecular weight is 503 g/mol. The zero-order valence-electron chi connectivity index (χ0n) is 24.3. The maximum absolute atomic E-state index is 11.4. The lowest BCUT2D eigenvalue weighted by Gasteiger charge is -2.58. The fraction of sp³-hybridized carbons (Fsp3) is 0.903. The van der Waals surface area contributed by atoms with Gasteiger partial charge in [0.1, 0.15) is 5.78 Å². The van der Waals surface area contributed by atoms with E-state index in [1.165, 1.54) is 44.9 Å². The molecule has 200 valence electrons. The fourth-order valence-corrected chi connectivity index (χ4v) is 10.0. The molecule has 3 fully saturated rings. The molecular weight excluding hydrogens is 448 g/mol. The SMILES string of the molecule is CC(=O)CCO[C@@H](C)[C@H]1CC[C@H]2[C@@H]3CC=C4C[C@@H](O[Si](C)(C)C(C)(C)C)CC[C@]4(C)[C@H]3CC[C@]12C. The van der Waals surface area contributed by atoms with Gasteiger partial charge in [0.2, 0.25) is 0 Å². The van der Waals surface area contributed by atoms with Crippen molar-refractivity contribution in [3.63, 3.8) is 0 Å². The van der Waals surface area contributed by atoms with Crippen LogP contribution < -0.4 is 0 Å². The van der Waals surface area contributed by atoms with Crippen LogP contribution in [-0.2, 0) is 14.0 Å². The number of ketones is 1. The molecule has 0 aromatic heterocycles. The summed E-state index contributed by atoms with van der Waals surface area (Å²) in [6, 6.07) is 0. The highest BCUT2D eigenvalue weighted by Gasteiger charge is 2.59. The highest BCUT2D eigenvalue weighted by atomic mass is 28.4. The third-order valence-corrected chi connectivity index (χ3v) is 16.3. The van der Waals surface area contributed by atoms with E-state index in [1.54, 1.807) is 12.5 Å². The molecular formula is C31H54O3Si. The molecule has 35 heavy (non-hydrogen) atoms. The van der Waals surface area contributed by atoms with E-state index in [9.17, 15) is 4.79 Å². The first-order chi connectivity index (χ1) is 16.2. The van der Waals surface area contributed by atoms with Crippen LogP contribution in [0.2, 0.25) is 18.1 Å². The standard InChI is InChI=1S/C31H54O3Si/c1-21(32)16-19-33-22(2)26-12-13-27-25-11-10-23-20-24(34-35(8,9)29(3,4)5)14-17-30(23,6)28(25)15-18-31(26,27)7/h10,22,24-28H,11-20H2,1-9H3/t22-,24-,25-,26+,27-,28-,30-,31+/m0/s1. The summed E-state index contributed by atoms with van der Waals surface area (Å²) in [6.45, 7) is 21.6. The molecule has 3 saturated carbocycles. The largest absolute Gasteiger partial charge is 0.414 e. The van der Waals surface area contributed by atoms with Gasteiger partial charge >= 0.3 is 0 Å². The van der Waals surface area contributed by atoms with E-state index in [0.29, 0.717) is 35.9 Å². The molecule has 0 saturated heterocycles. The summed E-state index contributed by atoms with van der Waals surface area (Å²) in [5.74, 6) is 3.35. The number of carbonyl (C=O) groups excluding carboxylic acids is 1. The van der Waals surface area contributed by atoms with Crippen LogP contribution in [-0.4, -0.2) is 32.9 Å². The summed E-state index contributed by atoms with van der Waals surface area (Å²) in [6.07, 6.45) is 14.2. The second-order valence-corrected chi connectivity index (χ2v) is 19.5. The zero-order chi connectivity index (χ0) is 25.8. The van der Waals surface area contributed by atoms with E-state index in [0.717, 1.165) is 24.2 Å². The Labute approximate surface area is 217 Å². The molecule has 0 aliphatic heterocycles. The van der Waals surface area contributed by atoms with Gasteiger partial charge in [-0.1, -0.05) is 46.3 Å². The smallest absolute Gasteiger partial charge is 0.192 e. The van der Waals surface area contributed by atoms with Crippen molar-refractivity contribution < 1.29 is 14.0 Å². The lowest BCUT2D eigenvalue weighted by molar-refractivity contribution is -0.119. The van der Waals surface area contributed by atoms with Gasteiger partial charge in [0.15, 0.2) is 8.32 Å². The summed E-state index contributed by atoms with van der Waals surface area (Å²) < 4.78 is 13.1. The van der Waals surface area contributed by atoms with Gasteiger partial charge in [-0.2, -0.15) is 0 Å². The van der Waals surface area contributed by atoms with Crippen LogP contribution in [0.4, 0.5) is 0 Å². The maximum atomic E-state index is 11.4. The van der Waals surface area contributed by atoms with Crippen molar-refractivity contribution in [2.24, 2.45) is 34.5 Å². The summed E-state index contributed by atoms with van der Waals surface area (Å²) >= 11 is 0. The number of hydrogen-bond acceptors (Lipinski definition) is 3. The lowest BCUT2D eigenvalue weighted by Crippen LogP contribution is -2.52. The van der Waals surface area contributed by atoms with E-state index in [2.05, 4.69) is 60.7 Å². The van der Waals surface area contributed by atoms with Crippen LogP contribution in [0.5, 0.6) is 0 Å². The second kappa shape index (κ2) is 9.69. The highest BCUT2D eigenvalue weighted by molar-refractivity contribution is 6.74. The lowest BCUT2D eigenvalue weighted by atomic mass is 9.47. The third-order valence-electron chi connectivity index (χ3n) is 11.8. The second-order valence-electron chi connectivity index (χ2n) is 14.8. The van der Waals surface area contributed by atoms with Gasteiger partial charge in [0.05, 0.1) is 12.7 Å². The van der Waals surface area contributed by atoms with Crippen LogP contribution in [0.15, 0.2) is 11.6 Å². The van der Waals surface area contributed by atoms with E-state index < -0.39 is 8.32 Å². The average Bonchev–Trinajstić information content (AvgIpc) is 3.10. The summed E-state index contributed by atoms with van der Waals surface area (Å²) in [4.78, 5) is 11.4. The summed E-state index contributed by atoms with van der Waals surface area (Å²) in [7, 11) is -1.73. The number of allylic oxidation sites excluding steroid dienone is 1. The number of ether oxygens (including phenoxy) is 1. The normalized spacial score (nSPS) is 40.4. The topological polar surface area (TPSA) is 35.5 Å². The molecule has 0 spiro atoms. The van der Waals surface area contributed by atoms with Crippen molar-refractivity contribution in [1.29, 1.82) is 0 Å². The molecule has 0 aromatic rings. The first kappa shape index (κ1) is 27.6. The molecule has 4 rings (SSSR count). The Kier molecular flexibility index (Phi) is 7.64. The number of rotatable bonds is 7. The molecule has 0 radical (unpaired) electrons.